The Morgan fingerprint density at radius 2 is 1.93 bits per heavy atom. The third-order valence-electron chi connectivity index (χ3n) is 5.13. The highest BCUT2D eigenvalue weighted by atomic mass is 35.5. The van der Waals surface area contributed by atoms with Crippen LogP contribution in [0.25, 0.3) is 0 Å². The summed E-state index contributed by atoms with van der Waals surface area (Å²) in [4.78, 5) is 14.3. The highest BCUT2D eigenvalue weighted by molar-refractivity contribution is 6.35. The summed E-state index contributed by atoms with van der Waals surface area (Å²) in [6.45, 7) is 4.56. The van der Waals surface area contributed by atoms with Crippen LogP contribution in [0.1, 0.15) is 48.8 Å². The minimum atomic E-state index is -0.162. The van der Waals surface area contributed by atoms with Crippen LogP contribution in [0.4, 0.5) is 10.5 Å². The molecule has 0 spiro atoms. The fourth-order valence-electron chi connectivity index (χ4n) is 3.68. The number of hydrogen-bond acceptors (Lipinski definition) is 2. The summed E-state index contributed by atoms with van der Waals surface area (Å²) in [6.07, 6.45) is 3.27. The number of rotatable bonds is 6. The summed E-state index contributed by atoms with van der Waals surface area (Å²) in [6, 6.07) is 11.7. The number of anilines is 1. The molecule has 0 aromatic heterocycles. The minimum absolute atomic E-state index is 0.162. The van der Waals surface area contributed by atoms with Gasteiger partial charge in [-0.2, -0.15) is 0 Å². The number of unbranched alkanes of at least 4 members (excludes halogenated alkanes) is 2. The van der Waals surface area contributed by atoms with Gasteiger partial charge < -0.3 is 15.5 Å². The van der Waals surface area contributed by atoms with E-state index < -0.39 is 0 Å². The summed E-state index contributed by atoms with van der Waals surface area (Å²) in [5, 5.41) is 7.16. The number of urea groups is 1. The molecule has 1 heterocycles. The molecule has 2 amide bonds. The molecule has 0 radical (unpaired) electrons. The number of amides is 2. The zero-order valence-corrected chi connectivity index (χ0v) is 17.9. The van der Waals surface area contributed by atoms with Crippen LogP contribution in [0, 0.1) is 0 Å². The molecule has 1 aliphatic heterocycles. The highest BCUT2D eigenvalue weighted by Gasteiger charge is 2.27. The second-order valence-corrected chi connectivity index (χ2v) is 8.26. The predicted octanol–water partition coefficient (Wildman–Crippen LogP) is 5.88. The first-order valence-corrected chi connectivity index (χ1v) is 10.5. The number of nitrogens with one attached hydrogen (secondary N) is 2. The van der Waals surface area contributed by atoms with Crippen molar-refractivity contribution in [2.24, 2.45) is 0 Å². The van der Waals surface area contributed by atoms with E-state index in [4.69, 9.17) is 23.2 Å². The van der Waals surface area contributed by atoms with Crippen LogP contribution in [0.3, 0.4) is 0 Å². The fraction of sp³-hybridized carbons (Fsp3) is 0.409. The molecule has 2 aromatic rings. The third-order valence-corrected chi connectivity index (χ3v) is 5.68. The van der Waals surface area contributed by atoms with Gasteiger partial charge in [0.25, 0.3) is 0 Å². The van der Waals surface area contributed by atoms with Crippen molar-refractivity contribution in [1.29, 1.82) is 0 Å². The summed E-state index contributed by atoms with van der Waals surface area (Å²) in [5.41, 5.74) is 4.29. The lowest BCUT2D eigenvalue weighted by Crippen LogP contribution is -2.31. The molecule has 6 heteroatoms. The van der Waals surface area contributed by atoms with Gasteiger partial charge in [-0.3, -0.25) is 0 Å². The van der Waals surface area contributed by atoms with Gasteiger partial charge in [0, 0.05) is 41.3 Å². The van der Waals surface area contributed by atoms with E-state index in [0.29, 0.717) is 11.6 Å². The third kappa shape index (κ3) is 5.19. The maximum Gasteiger partial charge on any atom is 0.319 e. The smallest absolute Gasteiger partial charge is 0.319 e. The molecule has 4 nitrogen and oxygen atoms in total. The molecule has 150 valence electrons. The van der Waals surface area contributed by atoms with Crippen LogP contribution in [-0.2, 0) is 6.54 Å². The maximum absolute atomic E-state index is 12.0. The average Bonchev–Trinajstić information content (AvgIpc) is 2.66. The second kappa shape index (κ2) is 9.64. The van der Waals surface area contributed by atoms with Crippen molar-refractivity contribution in [2.75, 3.05) is 25.5 Å². The van der Waals surface area contributed by atoms with Crippen molar-refractivity contribution < 1.29 is 4.79 Å². The van der Waals surface area contributed by atoms with Crippen molar-refractivity contribution in [3.8, 4) is 0 Å². The Kier molecular flexibility index (Phi) is 7.22. The second-order valence-electron chi connectivity index (χ2n) is 7.41. The van der Waals surface area contributed by atoms with E-state index in [9.17, 15) is 4.79 Å². The normalized spacial score (nSPS) is 16.5. The number of carbonyl (C=O) groups excluding carboxylic acids is 1. The molecule has 0 bridgehead atoms. The topological polar surface area (TPSA) is 44.4 Å². The Morgan fingerprint density at radius 1 is 1.18 bits per heavy atom. The van der Waals surface area contributed by atoms with Gasteiger partial charge in [-0.1, -0.05) is 55.1 Å². The van der Waals surface area contributed by atoms with Crippen molar-refractivity contribution in [1.82, 2.24) is 10.2 Å². The van der Waals surface area contributed by atoms with Crippen LogP contribution in [-0.4, -0.2) is 31.1 Å². The molecule has 0 saturated heterocycles. The molecule has 1 atom stereocenters. The first-order valence-electron chi connectivity index (χ1n) is 9.79. The summed E-state index contributed by atoms with van der Waals surface area (Å²) in [5.74, 6) is 0.196. The van der Waals surface area contributed by atoms with Crippen LogP contribution in [0.5, 0.6) is 0 Å². The Morgan fingerprint density at radius 3 is 2.64 bits per heavy atom. The van der Waals surface area contributed by atoms with Gasteiger partial charge in [-0.05, 0) is 54.4 Å². The van der Waals surface area contributed by atoms with Gasteiger partial charge in [0.2, 0.25) is 0 Å². The van der Waals surface area contributed by atoms with Gasteiger partial charge in [0.05, 0.1) is 0 Å². The molecule has 0 saturated carbocycles. The van der Waals surface area contributed by atoms with Crippen molar-refractivity contribution in [3.05, 3.63) is 63.1 Å². The van der Waals surface area contributed by atoms with Crippen molar-refractivity contribution in [2.45, 2.75) is 38.6 Å². The van der Waals surface area contributed by atoms with Gasteiger partial charge in [-0.25, -0.2) is 4.79 Å². The number of fused-ring (bicyclic) bond motifs is 1. The van der Waals surface area contributed by atoms with Gasteiger partial charge in [0.1, 0.15) is 0 Å². The highest BCUT2D eigenvalue weighted by Crippen LogP contribution is 2.38. The molecule has 3 rings (SSSR count). The molecular formula is C22H27Cl2N3O. The van der Waals surface area contributed by atoms with Crippen molar-refractivity contribution >= 4 is 34.9 Å². The zero-order valence-electron chi connectivity index (χ0n) is 16.4. The predicted molar refractivity (Wildman–Crippen MR) is 118 cm³/mol. The Balaban J connectivity index is 1.71. The lowest BCUT2D eigenvalue weighted by atomic mass is 9.85. The van der Waals surface area contributed by atoms with Crippen LogP contribution < -0.4 is 10.6 Å². The fourth-order valence-corrected chi connectivity index (χ4v) is 4.25. The van der Waals surface area contributed by atoms with Gasteiger partial charge in [0.15, 0.2) is 0 Å². The van der Waals surface area contributed by atoms with Gasteiger partial charge >= 0.3 is 6.03 Å². The molecule has 2 aromatic carbocycles. The Labute approximate surface area is 177 Å². The molecule has 28 heavy (non-hydrogen) atoms. The first-order chi connectivity index (χ1) is 13.5. The summed E-state index contributed by atoms with van der Waals surface area (Å²) < 4.78 is 0. The Hall–Kier alpha value is -1.75. The van der Waals surface area contributed by atoms with E-state index >= 15 is 0 Å². The minimum Gasteiger partial charge on any atom is -0.338 e. The van der Waals surface area contributed by atoms with Crippen LogP contribution >= 0.6 is 23.2 Å². The van der Waals surface area contributed by atoms with E-state index in [-0.39, 0.29) is 11.9 Å². The summed E-state index contributed by atoms with van der Waals surface area (Å²) in [7, 11) is 2.10. The maximum atomic E-state index is 12.0. The molecular weight excluding hydrogens is 393 g/mol. The number of hydrogen-bond donors (Lipinski definition) is 2. The standard InChI is InChI=1S/C22H27Cl2N3O/c1-3-4-5-10-25-22(28)26-17-8-6-15(7-9-17)19-13-27(2)14-20-18(19)11-16(23)12-21(20)24/h6-9,11-12,19H,3-5,10,13-14H2,1-2H3,(H2,25,26,28). The van der Waals surface area contributed by atoms with Gasteiger partial charge in [-0.15, -0.1) is 0 Å². The first kappa shape index (κ1) is 21.0. The number of likely N-dealkylation sites (N-methyl/N-ethyl adjacent to an activating group) is 1. The Bertz CT molecular complexity index is 823. The van der Waals surface area contributed by atoms with Crippen LogP contribution in [0.15, 0.2) is 36.4 Å². The SMILES string of the molecule is CCCCCNC(=O)Nc1ccc(C2CN(C)Cc3c(Cl)cc(Cl)cc32)cc1. The number of carbonyl (C=O) groups is 1. The molecule has 1 aliphatic rings. The lowest BCUT2D eigenvalue weighted by molar-refractivity contribution is 0.252. The number of halogens is 2. The zero-order chi connectivity index (χ0) is 20.1. The average molecular weight is 420 g/mol. The van der Waals surface area contributed by atoms with E-state index in [1.807, 2.05) is 24.3 Å². The van der Waals surface area contributed by atoms with Crippen LogP contribution in [0.2, 0.25) is 10.0 Å². The summed E-state index contributed by atoms with van der Waals surface area (Å²) >= 11 is 12.7. The molecule has 0 aliphatic carbocycles. The number of benzene rings is 2. The monoisotopic (exact) mass is 419 g/mol. The van der Waals surface area contributed by atoms with E-state index in [0.717, 1.165) is 48.6 Å². The van der Waals surface area contributed by atoms with E-state index in [1.165, 1.54) is 11.1 Å². The van der Waals surface area contributed by atoms with Crippen molar-refractivity contribution in [3.63, 3.8) is 0 Å². The quantitative estimate of drug-likeness (QED) is 0.573. The largest absolute Gasteiger partial charge is 0.338 e. The molecule has 2 N–H and O–H groups in total. The number of nitrogens with zero attached hydrogens (tertiary/aromatic N) is 1. The molecule has 0 fully saturated rings. The van der Waals surface area contributed by atoms with E-state index in [2.05, 4.69) is 41.6 Å². The lowest BCUT2D eigenvalue weighted by Gasteiger charge is -2.33. The van der Waals surface area contributed by atoms with E-state index in [1.54, 1.807) is 0 Å². The molecule has 1 unspecified atom stereocenters.